The number of hydrogen-bond donors (Lipinski definition) is 1. The van der Waals surface area contributed by atoms with Crippen LogP contribution >= 0.6 is 12.2 Å². The molecule has 1 unspecified atom stereocenters. The molecule has 1 aromatic carbocycles. The Balaban J connectivity index is 1.31. The standard InChI is InChI=1S/C20H26N4O3S/c1-14(25)22-8-10-23(11-9-22)16-4-6-17(7-5-16)24-13-18(27-20(24)26)12-21-19(28)15-2-3-15/h4-7,15,18H,2-3,8-13H2,1H3,(H,21,28). The molecule has 0 spiro atoms. The van der Waals surface area contributed by atoms with Crippen molar-refractivity contribution in [3.8, 4) is 0 Å². The van der Waals surface area contributed by atoms with Gasteiger partial charge < -0.3 is 19.9 Å². The van der Waals surface area contributed by atoms with Gasteiger partial charge in [-0.05, 0) is 37.1 Å². The summed E-state index contributed by atoms with van der Waals surface area (Å²) in [5.41, 5.74) is 1.94. The molecule has 2 heterocycles. The van der Waals surface area contributed by atoms with E-state index in [1.165, 1.54) is 12.8 Å². The highest BCUT2D eigenvalue weighted by Gasteiger charge is 2.33. The summed E-state index contributed by atoms with van der Waals surface area (Å²) in [5.74, 6) is 0.651. The number of piperazine rings is 1. The van der Waals surface area contributed by atoms with Crippen molar-refractivity contribution in [1.29, 1.82) is 0 Å². The first kappa shape index (κ1) is 19.0. The van der Waals surface area contributed by atoms with Crippen molar-refractivity contribution in [3.63, 3.8) is 0 Å². The minimum absolute atomic E-state index is 0.129. The predicted octanol–water partition coefficient (Wildman–Crippen LogP) is 2.01. The largest absolute Gasteiger partial charge is 0.442 e. The summed E-state index contributed by atoms with van der Waals surface area (Å²) in [6, 6.07) is 7.97. The fourth-order valence-electron chi connectivity index (χ4n) is 3.67. The van der Waals surface area contributed by atoms with Gasteiger partial charge in [0.05, 0.1) is 18.1 Å². The number of hydrogen-bond acceptors (Lipinski definition) is 5. The summed E-state index contributed by atoms with van der Waals surface area (Å²) in [4.78, 5) is 30.4. The molecule has 1 saturated carbocycles. The number of nitrogens with zero attached hydrogens (tertiary/aromatic N) is 3. The highest BCUT2D eigenvalue weighted by atomic mass is 32.1. The normalized spacial score (nSPS) is 22.2. The third-order valence-electron chi connectivity index (χ3n) is 5.58. The van der Waals surface area contributed by atoms with Gasteiger partial charge in [0.15, 0.2) is 0 Å². The predicted molar refractivity (Wildman–Crippen MR) is 112 cm³/mol. The van der Waals surface area contributed by atoms with E-state index < -0.39 is 0 Å². The fourth-order valence-corrected chi connectivity index (χ4v) is 3.98. The van der Waals surface area contributed by atoms with Crippen LogP contribution in [0.25, 0.3) is 0 Å². The average Bonchev–Trinajstić information content (AvgIpc) is 3.49. The van der Waals surface area contributed by atoms with Crippen LogP contribution in [0.15, 0.2) is 24.3 Å². The number of benzene rings is 1. The molecule has 1 aliphatic carbocycles. The average molecular weight is 403 g/mol. The molecule has 7 nitrogen and oxygen atoms in total. The Hall–Kier alpha value is -2.35. The Labute approximate surface area is 170 Å². The van der Waals surface area contributed by atoms with E-state index >= 15 is 0 Å². The van der Waals surface area contributed by atoms with E-state index in [1.807, 2.05) is 29.2 Å². The molecule has 3 fully saturated rings. The SMILES string of the molecule is CC(=O)N1CCN(c2ccc(N3CC(CNC(=S)C4CC4)OC3=O)cc2)CC1. The summed E-state index contributed by atoms with van der Waals surface area (Å²) < 4.78 is 5.48. The van der Waals surface area contributed by atoms with E-state index in [9.17, 15) is 9.59 Å². The molecule has 150 valence electrons. The minimum atomic E-state index is -0.313. The van der Waals surface area contributed by atoms with Gasteiger partial charge in [0.1, 0.15) is 6.10 Å². The van der Waals surface area contributed by atoms with Crippen LogP contribution < -0.4 is 15.1 Å². The number of ether oxygens (including phenoxy) is 1. The van der Waals surface area contributed by atoms with Gasteiger partial charge in [0.2, 0.25) is 5.91 Å². The second-order valence-corrected chi connectivity index (χ2v) is 8.09. The molecule has 3 aliphatic rings. The Morgan fingerprint density at radius 1 is 1.14 bits per heavy atom. The number of amides is 2. The Bertz CT molecular complexity index is 757. The maximum absolute atomic E-state index is 12.3. The molecule has 0 radical (unpaired) electrons. The van der Waals surface area contributed by atoms with Crippen LogP contribution in [0.4, 0.5) is 16.2 Å². The lowest BCUT2D eigenvalue weighted by atomic mass is 10.2. The Morgan fingerprint density at radius 2 is 1.79 bits per heavy atom. The quantitative estimate of drug-likeness (QED) is 0.760. The van der Waals surface area contributed by atoms with Gasteiger partial charge in [0.25, 0.3) is 0 Å². The molecule has 4 rings (SSSR count). The van der Waals surface area contributed by atoms with Crippen molar-refractivity contribution in [2.75, 3.05) is 49.1 Å². The van der Waals surface area contributed by atoms with Gasteiger partial charge in [-0.2, -0.15) is 0 Å². The number of carbonyl (C=O) groups excluding carboxylic acids is 2. The van der Waals surface area contributed by atoms with Crippen LogP contribution in [0, 0.1) is 5.92 Å². The summed E-state index contributed by atoms with van der Waals surface area (Å²) in [7, 11) is 0. The third kappa shape index (κ3) is 4.22. The molecular formula is C20H26N4O3S. The first-order chi connectivity index (χ1) is 13.5. The zero-order chi connectivity index (χ0) is 19.7. The molecule has 2 saturated heterocycles. The van der Waals surface area contributed by atoms with Gasteiger partial charge in [-0.1, -0.05) is 12.2 Å². The first-order valence-electron chi connectivity index (χ1n) is 9.87. The van der Waals surface area contributed by atoms with Crippen LogP contribution in [0.5, 0.6) is 0 Å². The van der Waals surface area contributed by atoms with E-state index in [-0.39, 0.29) is 18.1 Å². The molecule has 0 aromatic heterocycles. The third-order valence-corrected chi connectivity index (χ3v) is 6.06. The van der Waals surface area contributed by atoms with Crippen LogP contribution in [-0.4, -0.2) is 67.3 Å². The molecule has 1 aromatic rings. The number of rotatable bonds is 5. The smallest absolute Gasteiger partial charge is 0.414 e. The molecule has 1 N–H and O–H groups in total. The highest BCUT2D eigenvalue weighted by Crippen LogP contribution is 2.30. The fraction of sp³-hybridized carbons (Fsp3) is 0.550. The summed E-state index contributed by atoms with van der Waals surface area (Å²) in [6.45, 7) is 5.83. The molecule has 28 heavy (non-hydrogen) atoms. The van der Waals surface area contributed by atoms with E-state index in [0.717, 1.165) is 42.5 Å². The molecule has 2 amide bonds. The molecule has 0 bridgehead atoms. The lowest BCUT2D eigenvalue weighted by Gasteiger charge is -2.35. The second-order valence-electron chi connectivity index (χ2n) is 7.65. The summed E-state index contributed by atoms with van der Waals surface area (Å²) in [6.07, 6.45) is 1.83. The Kier molecular flexibility index (Phi) is 5.39. The zero-order valence-corrected chi connectivity index (χ0v) is 16.9. The van der Waals surface area contributed by atoms with Crippen molar-refractivity contribution >= 4 is 40.6 Å². The monoisotopic (exact) mass is 402 g/mol. The number of carbonyl (C=O) groups is 2. The van der Waals surface area contributed by atoms with Gasteiger partial charge in [-0.25, -0.2) is 4.79 Å². The van der Waals surface area contributed by atoms with Crippen LogP contribution in [-0.2, 0) is 9.53 Å². The maximum Gasteiger partial charge on any atom is 0.414 e. The Morgan fingerprint density at radius 3 is 2.39 bits per heavy atom. The van der Waals surface area contributed by atoms with Crippen LogP contribution in [0.1, 0.15) is 19.8 Å². The van der Waals surface area contributed by atoms with E-state index in [2.05, 4.69) is 10.2 Å². The van der Waals surface area contributed by atoms with Crippen LogP contribution in [0.2, 0.25) is 0 Å². The van der Waals surface area contributed by atoms with Crippen molar-refractivity contribution in [2.45, 2.75) is 25.9 Å². The number of thiocarbonyl (C=S) groups is 1. The summed E-state index contributed by atoms with van der Waals surface area (Å²) in [5, 5.41) is 3.24. The zero-order valence-electron chi connectivity index (χ0n) is 16.1. The van der Waals surface area contributed by atoms with Crippen molar-refractivity contribution in [1.82, 2.24) is 10.2 Å². The maximum atomic E-state index is 12.3. The molecule has 2 aliphatic heterocycles. The molecule has 1 atom stereocenters. The molecular weight excluding hydrogens is 376 g/mol. The lowest BCUT2D eigenvalue weighted by molar-refractivity contribution is -0.129. The summed E-state index contributed by atoms with van der Waals surface area (Å²) >= 11 is 5.33. The number of anilines is 2. The number of cyclic esters (lactones) is 1. The highest BCUT2D eigenvalue weighted by molar-refractivity contribution is 7.80. The second kappa shape index (κ2) is 7.95. The van der Waals surface area contributed by atoms with E-state index in [4.69, 9.17) is 17.0 Å². The number of nitrogens with one attached hydrogen (secondary N) is 1. The molecule has 8 heteroatoms. The van der Waals surface area contributed by atoms with Crippen molar-refractivity contribution < 1.29 is 14.3 Å². The van der Waals surface area contributed by atoms with Crippen molar-refractivity contribution in [3.05, 3.63) is 24.3 Å². The van der Waals surface area contributed by atoms with Gasteiger partial charge in [0, 0.05) is 50.4 Å². The van der Waals surface area contributed by atoms with Gasteiger partial charge >= 0.3 is 6.09 Å². The van der Waals surface area contributed by atoms with Gasteiger partial charge in [-0.3, -0.25) is 9.69 Å². The van der Waals surface area contributed by atoms with Gasteiger partial charge in [-0.15, -0.1) is 0 Å². The van der Waals surface area contributed by atoms with E-state index in [1.54, 1.807) is 11.8 Å². The van der Waals surface area contributed by atoms with E-state index in [0.29, 0.717) is 19.0 Å². The topological polar surface area (TPSA) is 65.1 Å². The minimum Gasteiger partial charge on any atom is -0.442 e. The first-order valence-corrected chi connectivity index (χ1v) is 10.3. The van der Waals surface area contributed by atoms with Crippen molar-refractivity contribution in [2.24, 2.45) is 5.92 Å². The van der Waals surface area contributed by atoms with Crippen LogP contribution in [0.3, 0.4) is 0 Å². The lowest BCUT2D eigenvalue weighted by Crippen LogP contribution is -2.48.